The Labute approximate surface area is 119 Å². The molecular formula is C14H19NO4S. The van der Waals surface area contributed by atoms with Crippen LogP contribution in [0.15, 0.2) is 30.3 Å². The van der Waals surface area contributed by atoms with Crippen LogP contribution in [-0.4, -0.2) is 50.4 Å². The van der Waals surface area contributed by atoms with Crippen molar-refractivity contribution in [1.29, 1.82) is 0 Å². The zero-order valence-electron chi connectivity index (χ0n) is 11.4. The fourth-order valence-corrected chi connectivity index (χ4v) is 4.29. The second-order valence-corrected chi connectivity index (χ2v) is 7.58. The molecular weight excluding hydrogens is 278 g/mol. The minimum atomic E-state index is -3.27. The highest BCUT2D eigenvalue weighted by Gasteiger charge is 2.41. The van der Waals surface area contributed by atoms with Crippen molar-refractivity contribution in [3.8, 4) is 0 Å². The summed E-state index contributed by atoms with van der Waals surface area (Å²) in [5.74, 6) is 0. The third-order valence-electron chi connectivity index (χ3n) is 3.79. The van der Waals surface area contributed by atoms with Gasteiger partial charge in [0.15, 0.2) is 0 Å². The Morgan fingerprint density at radius 3 is 2.45 bits per heavy atom. The van der Waals surface area contributed by atoms with Crippen LogP contribution in [0.1, 0.15) is 18.6 Å². The molecule has 2 aliphatic heterocycles. The van der Waals surface area contributed by atoms with Crippen LogP contribution in [0.4, 0.5) is 0 Å². The Balaban J connectivity index is 1.80. The largest absolute Gasteiger partial charge is 0.378 e. The second kappa shape index (κ2) is 5.44. The normalized spacial score (nSPS) is 29.1. The molecule has 1 aromatic rings. The predicted octanol–water partition coefficient (Wildman–Crippen LogP) is 1.18. The maximum Gasteiger partial charge on any atom is 0.221 e. The van der Waals surface area contributed by atoms with E-state index in [2.05, 4.69) is 0 Å². The van der Waals surface area contributed by atoms with Crippen molar-refractivity contribution in [2.75, 3.05) is 26.3 Å². The first-order chi connectivity index (χ1) is 9.57. The minimum Gasteiger partial charge on any atom is -0.378 e. The first kappa shape index (κ1) is 14.0. The number of benzene rings is 1. The van der Waals surface area contributed by atoms with E-state index in [1.807, 2.05) is 37.3 Å². The SMILES string of the molecule is CC1CN(S(=O)(=O)C2COC2)CC(c2ccccc2)O1. The number of hydrogen-bond donors (Lipinski definition) is 0. The van der Waals surface area contributed by atoms with Gasteiger partial charge in [-0.25, -0.2) is 8.42 Å². The fraction of sp³-hybridized carbons (Fsp3) is 0.571. The van der Waals surface area contributed by atoms with Gasteiger partial charge in [-0.05, 0) is 12.5 Å². The highest BCUT2D eigenvalue weighted by molar-refractivity contribution is 7.89. The van der Waals surface area contributed by atoms with E-state index >= 15 is 0 Å². The summed E-state index contributed by atoms with van der Waals surface area (Å²) in [6.07, 6.45) is -0.305. The van der Waals surface area contributed by atoms with Crippen LogP contribution in [0, 0.1) is 0 Å². The highest BCUT2D eigenvalue weighted by atomic mass is 32.2. The maximum atomic E-state index is 12.5. The van der Waals surface area contributed by atoms with Crippen LogP contribution in [0.2, 0.25) is 0 Å². The summed E-state index contributed by atoms with van der Waals surface area (Å²) in [5, 5.41) is -0.385. The molecule has 2 saturated heterocycles. The maximum absolute atomic E-state index is 12.5. The summed E-state index contributed by atoms with van der Waals surface area (Å²) in [6.45, 7) is 3.33. The molecule has 0 aliphatic carbocycles. The molecule has 5 nitrogen and oxygen atoms in total. The summed E-state index contributed by atoms with van der Waals surface area (Å²) in [7, 11) is -3.27. The summed E-state index contributed by atoms with van der Waals surface area (Å²) >= 11 is 0. The van der Waals surface area contributed by atoms with Crippen LogP contribution in [0.25, 0.3) is 0 Å². The predicted molar refractivity (Wildman–Crippen MR) is 74.8 cm³/mol. The topological polar surface area (TPSA) is 55.8 Å². The molecule has 1 aromatic carbocycles. The summed E-state index contributed by atoms with van der Waals surface area (Å²) in [6, 6.07) is 9.77. The second-order valence-electron chi connectivity index (χ2n) is 5.37. The molecule has 0 radical (unpaired) electrons. The highest BCUT2D eigenvalue weighted by Crippen LogP contribution is 2.28. The molecule has 110 valence electrons. The van der Waals surface area contributed by atoms with Gasteiger partial charge in [0.1, 0.15) is 5.25 Å². The molecule has 2 atom stereocenters. The summed E-state index contributed by atoms with van der Waals surface area (Å²) in [5.41, 5.74) is 1.02. The monoisotopic (exact) mass is 297 g/mol. The van der Waals surface area contributed by atoms with E-state index in [-0.39, 0.29) is 17.5 Å². The quantitative estimate of drug-likeness (QED) is 0.840. The van der Waals surface area contributed by atoms with E-state index in [1.165, 1.54) is 0 Å². The van der Waals surface area contributed by atoms with Crippen LogP contribution >= 0.6 is 0 Å². The lowest BCUT2D eigenvalue weighted by Gasteiger charge is -2.39. The van der Waals surface area contributed by atoms with E-state index in [9.17, 15) is 8.42 Å². The lowest BCUT2D eigenvalue weighted by atomic mass is 10.1. The Hall–Kier alpha value is -0.950. The third-order valence-corrected chi connectivity index (χ3v) is 5.92. The molecule has 20 heavy (non-hydrogen) atoms. The van der Waals surface area contributed by atoms with E-state index in [0.717, 1.165) is 5.56 Å². The number of morpholine rings is 1. The van der Waals surface area contributed by atoms with Crippen LogP contribution in [0.5, 0.6) is 0 Å². The van der Waals surface area contributed by atoms with Crippen molar-refractivity contribution in [1.82, 2.24) is 4.31 Å². The molecule has 2 unspecified atom stereocenters. The van der Waals surface area contributed by atoms with Crippen molar-refractivity contribution in [2.45, 2.75) is 24.4 Å². The van der Waals surface area contributed by atoms with Gasteiger partial charge in [0.25, 0.3) is 0 Å². The van der Waals surface area contributed by atoms with Gasteiger partial charge in [-0.1, -0.05) is 30.3 Å². The zero-order chi connectivity index (χ0) is 14.2. The molecule has 0 saturated carbocycles. The Kier molecular flexibility index (Phi) is 3.81. The van der Waals surface area contributed by atoms with E-state index in [4.69, 9.17) is 9.47 Å². The Morgan fingerprint density at radius 1 is 1.15 bits per heavy atom. The van der Waals surface area contributed by atoms with Crippen molar-refractivity contribution < 1.29 is 17.9 Å². The molecule has 3 rings (SSSR count). The lowest BCUT2D eigenvalue weighted by molar-refractivity contribution is -0.0574. The minimum absolute atomic E-state index is 0.107. The lowest BCUT2D eigenvalue weighted by Crippen LogP contribution is -2.53. The molecule has 0 N–H and O–H groups in total. The van der Waals surface area contributed by atoms with Gasteiger partial charge in [-0.2, -0.15) is 4.31 Å². The number of ether oxygens (including phenoxy) is 2. The first-order valence-electron chi connectivity index (χ1n) is 6.84. The molecule has 2 aliphatic rings. The first-order valence-corrected chi connectivity index (χ1v) is 8.35. The average Bonchev–Trinajstić information content (AvgIpc) is 2.36. The van der Waals surface area contributed by atoms with Gasteiger partial charge in [-0.3, -0.25) is 0 Å². The zero-order valence-corrected chi connectivity index (χ0v) is 12.3. The van der Waals surface area contributed by atoms with Crippen molar-refractivity contribution in [3.05, 3.63) is 35.9 Å². The van der Waals surface area contributed by atoms with Gasteiger partial charge in [0, 0.05) is 13.1 Å². The van der Waals surface area contributed by atoms with Crippen molar-refractivity contribution in [2.24, 2.45) is 0 Å². The van der Waals surface area contributed by atoms with Crippen LogP contribution < -0.4 is 0 Å². The van der Waals surface area contributed by atoms with Gasteiger partial charge in [0.05, 0.1) is 25.4 Å². The Bertz CT molecular complexity index is 556. The van der Waals surface area contributed by atoms with Crippen molar-refractivity contribution >= 4 is 10.0 Å². The van der Waals surface area contributed by atoms with Gasteiger partial charge in [0.2, 0.25) is 10.0 Å². The van der Waals surface area contributed by atoms with E-state index < -0.39 is 10.0 Å². The summed E-state index contributed by atoms with van der Waals surface area (Å²) < 4.78 is 37.4. The third kappa shape index (κ3) is 2.61. The molecule has 0 spiro atoms. The number of nitrogens with zero attached hydrogens (tertiary/aromatic N) is 1. The number of rotatable bonds is 3. The molecule has 2 fully saturated rings. The fourth-order valence-electron chi connectivity index (χ4n) is 2.57. The molecule has 2 heterocycles. The molecule has 6 heteroatoms. The standard InChI is InChI=1S/C14H19NO4S/c1-11-7-15(20(16,17)13-9-18-10-13)8-14(19-11)12-5-3-2-4-6-12/h2-6,11,13-14H,7-10H2,1H3. The molecule has 0 aromatic heterocycles. The smallest absolute Gasteiger partial charge is 0.221 e. The van der Waals surface area contributed by atoms with E-state index in [1.54, 1.807) is 4.31 Å². The van der Waals surface area contributed by atoms with Gasteiger partial charge >= 0.3 is 0 Å². The Morgan fingerprint density at radius 2 is 1.85 bits per heavy atom. The van der Waals surface area contributed by atoms with Gasteiger partial charge < -0.3 is 9.47 Å². The average molecular weight is 297 g/mol. The summed E-state index contributed by atoms with van der Waals surface area (Å²) in [4.78, 5) is 0. The van der Waals surface area contributed by atoms with Gasteiger partial charge in [-0.15, -0.1) is 0 Å². The number of sulfonamides is 1. The van der Waals surface area contributed by atoms with Crippen molar-refractivity contribution in [3.63, 3.8) is 0 Å². The van der Waals surface area contributed by atoms with Crippen LogP contribution in [0.3, 0.4) is 0 Å². The number of hydrogen-bond acceptors (Lipinski definition) is 4. The van der Waals surface area contributed by atoms with E-state index in [0.29, 0.717) is 26.3 Å². The molecule has 0 bridgehead atoms. The van der Waals surface area contributed by atoms with Crippen LogP contribution in [-0.2, 0) is 19.5 Å². The molecule has 0 amide bonds.